The number of thiophene rings is 1. The molecule has 1 amide bonds. The van der Waals surface area contributed by atoms with Crippen molar-refractivity contribution in [2.75, 3.05) is 4.90 Å². The largest absolute Gasteiger partial charge is 0.474 e. The van der Waals surface area contributed by atoms with Crippen LogP contribution in [-0.2, 0) is 17.5 Å². The molecular weight excluding hydrogens is 427 g/mol. The highest BCUT2D eigenvalue weighted by Crippen LogP contribution is 2.44. The number of carbonyl (C=O) groups is 2. The monoisotopic (exact) mass is 446 g/mol. The van der Waals surface area contributed by atoms with Crippen LogP contribution in [0.25, 0.3) is 4.90 Å². The summed E-state index contributed by atoms with van der Waals surface area (Å²) in [7, 11) is -0.835. The van der Waals surface area contributed by atoms with E-state index in [0.717, 1.165) is 29.9 Å². The Kier molecular flexibility index (Phi) is 5.58. The van der Waals surface area contributed by atoms with Gasteiger partial charge in [0.2, 0.25) is 5.91 Å². The van der Waals surface area contributed by atoms with Gasteiger partial charge in [-0.05, 0) is 42.7 Å². The molecule has 1 aliphatic carbocycles. The maximum absolute atomic E-state index is 13.0. The first-order valence-corrected chi connectivity index (χ1v) is 11.0. The van der Waals surface area contributed by atoms with Crippen molar-refractivity contribution in [2.45, 2.75) is 25.6 Å². The molecule has 2 aromatic carbocycles. The first-order valence-electron chi connectivity index (χ1n) is 9.67. The van der Waals surface area contributed by atoms with Crippen molar-refractivity contribution in [3.63, 3.8) is 0 Å². The summed E-state index contributed by atoms with van der Waals surface area (Å²) in [6, 6.07) is 15.4. The number of nitrogens with zero attached hydrogens (tertiary/aromatic N) is 1. The van der Waals surface area contributed by atoms with Gasteiger partial charge in [0.1, 0.15) is 11.1 Å². The minimum Gasteiger partial charge on any atom is -0.474 e. The Morgan fingerprint density at radius 1 is 1.00 bits per heavy atom. The summed E-state index contributed by atoms with van der Waals surface area (Å²) in [5.74, 6) is -1.49. The summed E-state index contributed by atoms with van der Waals surface area (Å²) in [5, 5.41) is 11.7. The molecular formula is C23H19F3NO3S+. The molecule has 1 atom stereocenters. The van der Waals surface area contributed by atoms with Gasteiger partial charge in [-0.3, -0.25) is 4.79 Å². The fourth-order valence-corrected chi connectivity index (χ4v) is 5.22. The standard InChI is InChI=1S/C23H18F3NO3S/c24-23(25,26)17-10-6-15(7-11-17)14-27(21(28)16-8-9-16)19-12-13-31(20(19)22(29)30)18-4-2-1-3-5-18/h1-7,10-13,16H,8-9,14H2/p+1. The maximum atomic E-state index is 13.0. The zero-order chi connectivity index (χ0) is 22.2. The van der Waals surface area contributed by atoms with E-state index in [9.17, 15) is 27.9 Å². The van der Waals surface area contributed by atoms with Crippen molar-refractivity contribution in [2.24, 2.45) is 5.92 Å². The Labute approximate surface area is 179 Å². The van der Waals surface area contributed by atoms with Crippen LogP contribution in [0.15, 0.2) is 66.0 Å². The lowest BCUT2D eigenvalue weighted by molar-refractivity contribution is -0.137. The van der Waals surface area contributed by atoms with Gasteiger partial charge in [0.15, 0.2) is 4.90 Å². The molecule has 8 heteroatoms. The summed E-state index contributed by atoms with van der Waals surface area (Å²) < 4.78 is 38.6. The number of rotatable bonds is 6. The van der Waals surface area contributed by atoms with Crippen molar-refractivity contribution in [3.8, 4) is 4.90 Å². The minimum atomic E-state index is -4.45. The Balaban J connectivity index is 1.73. The highest BCUT2D eigenvalue weighted by Gasteiger charge is 2.39. The van der Waals surface area contributed by atoms with Crippen LogP contribution < -0.4 is 4.90 Å². The lowest BCUT2D eigenvalue weighted by Gasteiger charge is -2.21. The van der Waals surface area contributed by atoms with E-state index in [-0.39, 0.29) is 23.2 Å². The van der Waals surface area contributed by atoms with Crippen LogP contribution in [0.4, 0.5) is 18.9 Å². The van der Waals surface area contributed by atoms with Gasteiger partial charge in [-0.1, -0.05) is 30.3 Å². The van der Waals surface area contributed by atoms with Gasteiger partial charge in [-0.25, -0.2) is 4.79 Å². The highest BCUT2D eigenvalue weighted by atomic mass is 32.2. The second-order valence-electron chi connectivity index (χ2n) is 7.37. The van der Waals surface area contributed by atoms with Crippen LogP contribution in [0.2, 0.25) is 0 Å². The Morgan fingerprint density at radius 2 is 1.65 bits per heavy atom. The number of halogens is 3. The van der Waals surface area contributed by atoms with Crippen LogP contribution in [0, 0.1) is 5.92 Å². The number of aromatic carboxylic acids is 1. The molecule has 1 saturated carbocycles. The molecule has 1 aliphatic rings. The fourth-order valence-electron chi connectivity index (χ4n) is 3.38. The number of hydrogen-bond acceptors (Lipinski definition) is 2. The zero-order valence-electron chi connectivity index (χ0n) is 16.3. The number of benzene rings is 2. The van der Waals surface area contributed by atoms with E-state index in [4.69, 9.17) is 0 Å². The van der Waals surface area contributed by atoms with E-state index in [0.29, 0.717) is 11.3 Å². The summed E-state index contributed by atoms with van der Waals surface area (Å²) in [6.45, 7) is 0.00983. The molecule has 0 radical (unpaired) electrons. The van der Waals surface area contributed by atoms with Gasteiger partial charge >= 0.3 is 12.1 Å². The molecule has 31 heavy (non-hydrogen) atoms. The predicted molar refractivity (Wildman–Crippen MR) is 113 cm³/mol. The van der Waals surface area contributed by atoms with Crippen LogP contribution in [0.1, 0.15) is 33.6 Å². The quantitative estimate of drug-likeness (QED) is 0.467. The number of hydrogen-bond donors (Lipinski definition) is 1. The molecule has 0 saturated heterocycles. The second-order valence-corrected chi connectivity index (χ2v) is 9.19. The van der Waals surface area contributed by atoms with Crippen LogP contribution in [-0.4, -0.2) is 17.0 Å². The molecule has 0 bridgehead atoms. The number of anilines is 1. The van der Waals surface area contributed by atoms with E-state index in [1.54, 1.807) is 11.4 Å². The van der Waals surface area contributed by atoms with Crippen molar-refractivity contribution in [1.29, 1.82) is 0 Å². The van der Waals surface area contributed by atoms with E-state index >= 15 is 0 Å². The second kappa shape index (κ2) is 8.19. The van der Waals surface area contributed by atoms with Crippen LogP contribution in [0.3, 0.4) is 0 Å². The van der Waals surface area contributed by atoms with Crippen LogP contribution >= 0.6 is 10.5 Å². The molecule has 0 aliphatic heterocycles. The first-order chi connectivity index (χ1) is 14.8. The highest BCUT2D eigenvalue weighted by molar-refractivity contribution is 7.40. The van der Waals surface area contributed by atoms with Crippen molar-refractivity contribution in [3.05, 3.63) is 82.0 Å². The molecule has 1 fully saturated rings. The van der Waals surface area contributed by atoms with E-state index < -0.39 is 28.2 Å². The molecule has 0 spiro atoms. The number of carboxylic acid groups (broad SMARTS) is 1. The number of carboxylic acids is 1. The molecule has 3 aromatic rings. The summed E-state index contributed by atoms with van der Waals surface area (Å²) >= 11 is 0. The van der Waals surface area contributed by atoms with Gasteiger partial charge in [-0.2, -0.15) is 13.2 Å². The Bertz CT molecular complexity index is 1100. The molecule has 1 unspecified atom stereocenters. The zero-order valence-corrected chi connectivity index (χ0v) is 17.1. The van der Waals surface area contributed by atoms with Crippen molar-refractivity contribution in [1.82, 2.24) is 0 Å². The normalized spacial score (nSPS) is 14.4. The lowest BCUT2D eigenvalue weighted by Crippen LogP contribution is -2.32. The first kappa shape index (κ1) is 21.1. The third-order valence-electron chi connectivity index (χ3n) is 5.11. The predicted octanol–water partition coefficient (Wildman–Crippen LogP) is 6.09. The molecule has 4 rings (SSSR count). The van der Waals surface area contributed by atoms with Gasteiger partial charge in [0.25, 0.3) is 4.88 Å². The number of carbonyl (C=O) groups excluding carboxylic acids is 1. The van der Waals surface area contributed by atoms with E-state index in [1.807, 2.05) is 30.3 Å². The van der Waals surface area contributed by atoms with Crippen LogP contribution in [0.5, 0.6) is 0 Å². The summed E-state index contributed by atoms with van der Waals surface area (Å²) in [4.78, 5) is 27.5. The van der Waals surface area contributed by atoms with Gasteiger partial charge in [0.05, 0.1) is 12.1 Å². The van der Waals surface area contributed by atoms with E-state index in [2.05, 4.69) is 0 Å². The number of amides is 1. The van der Waals surface area contributed by atoms with E-state index in [1.165, 1.54) is 17.0 Å². The molecule has 4 nitrogen and oxygen atoms in total. The topological polar surface area (TPSA) is 57.6 Å². The minimum absolute atomic E-state index is 0.00983. The average Bonchev–Trinajstić information content (AvgIpc) is 3.50. The third-order valence-corrected chi connectivity index (χ3v) is 7.12. The smallest absolute Gasteiger partial charge is 0.416 e. The molecule has 1 N–H and O–H groups in total. The SMILES string of the molecule is O=C(O)c1c(N(Cc2ccc(C(F)(F)F)cc2)C(=O)C2CC2)cc[s+]1-c1ccccc1. The van der Waals surface area contributed by atoms with Crippen molar-refractivity contribution < 1.29 is 27.9 Å². The maximum Gasteiger partial charge on any atom is 0.416 e. The third kappa shape index (κ3) is 4.49. The molecule has 1 heterocycles. The van der Waals surface area contributed by atoms with Gasteiger partial charge < -0.3 is 10.0 Å². The molecule has 1 aromatic heterocycles. The van der Waals surface area contributed by atoms with Crippen molar-refractivity contribution >= 4 is 28.0 Å². The Morgan fingerprint density at radius 3 is 2.19 bits per heavy atom. The summed E-state index contributed by atoms with van der Waals surface area (Å²) in [5.41, 5.74) is 0.0313. The summed E-state index contributed by atoms with van der Waals surface area (Å²) in [6.07, 6.45) is -2.99. The van der Waals surface area contributed by atoms with Gasteiger partial charge in [0, 0.05) is 22.5 Å². The van der Waals surface area contributed by atoms with Gasteiger partial charge in [-0.15, -0.1) is 0 Å². The molecule has 160 valence electrons. The lowest BCUT2D eigenvalue weighted by atomic mass is 10.1. The average molecular weight is 446 g/mol. The fraction of sp³-hybridized carbons (Fsp3) is 0.217. The number of alkyl halides is 3. The Hall–Kier alpha value is -3.13.